The number of fused-ring (bicyclic) bond motifs is 1. The Kier molecular flexibility index (Phi) is 8.56. The highest BCUT2D eigenvalue weighted by Gasteiger charge is 2.45. The molecule has 0 aliphatic carbocycles. The van der Waals surface area contributed by atoms with Crippen molar-refractivity contribution >= 4 is 52.8 Å². The van der Waals surface area contributed by atoms with Crippen LogP contribution in [-0.2, 0) is 14.4 Å². The average Bonchev–Trinajstić information content (AvgIpc) is 3.26. The van der Waals surface area contributed by atoms with Gasteiger partial charge in [0.05, 0.1) is 37.6 Å². The monoisotopic (exact) mass is 599 g/mol. The fourth-order valence-electron chi connectivity index (χ4n) is 5.02. The summed E-state index contributed by atoms with van der Waals surface area (Å²) in [6, 6.07) is 10.3. The summed E-state index contributed by atoms with van der Waals surface area (Å²) in [4.78, 5) is 68.6. The minimum atomic E-state index is -1.12. The molecule has 1 saturated heterocycles. The molecular weight excluding hydrogens is 570 g/mol. The van der Waals surface area contributed by atoms with Crippen LogP contribution in [-0.4, -0.2) is 66.3 Å². The maximum absolute atomic E-state index is 13.3. The van der Waals surface area contributed by atoms with Gasteiger partial charge in [0.15, 0.2) is 11.5 Å². The molecule has 0 radical (unpaired) electrons. The first-order valence-electron chi connectivity index (χ1n) is 13.7. The summed E-state index contributed by atoms with van der Waals surface area (Å²) in [6.07, 6.45) is 4.43. The Balaban J connectivity index is 1.34. The topological polar surface area (TPSA) is 165 Å². The van der Waals surface area contributed by atoms with E-state index in [9.17, 15) is 24.0 Å². The number of nitrogens with one attached hydrogen (secondary N) is 3. The number of piperidine rings is 1. The molecule has 44 heavy (non-hydrogen) atoms. The van der Waals surface area contributed by atoms with Crippen LogP contribution in [0.1, 0.15) is 46.0 Å². The molecular formula is C31H29N5O8. The quantitative estimate of drug-likeness (QED) is 0.233. The largest absolute Gasteiger partial charge is 0.493 e. The number of amides is 5. The van der Waals surface area contributed by atoms with Crippen molar-refractivity contribution < 1.29 is 38.2 Å². The van der Waals surface area contributed by atoms with Gasteiger partial charge in [-0.25, -0.2) is 4.98 Å². The SMILES string of the molecule is CCOc1cc(Nc2ncccc2/C=C/C(=O)Nc2cccc3c2C(=O)N(C2CCC(=O)NC2=O)C3=O)cc(OC)c1OC. The molecule has 13 heteroatoms. The molecule has 2 aliphatic heterocycles. The third-order valence-corrected chi connectivity index (χ3v) is 6.99. The molecule has 13 nitrogen and oxygen atoms in total. The zero-order chi connectivity index (χ0) is 31.4. The summed E-state index contributed by atoms with van der Waals surface area (Å²) in [5.74, 6) is -1.33. The van der Waals surface area contributed by atoms with Gasteiger partial charge in [-0.15, -0.1) is 0 Å². The van der Waals surface area contributed by atoms with Crippen LogP contribution in [0.2, 0.25) is 0 Å². The highest BCUT2D eigenvalue weighted by atomic mass is 16.5. The Morgan fingerprint density at radius 2 is 1.86 bits per heavy atom. The van der Waals surface area contributed by atoms with E-state index in [0.29, 0.717) is 40.9 Å². The van der Waals surface area contributed by atoms with E-state index in [1.165, 1.54) is 38.5 Å². The fraction of sp³-hybridized carbons (Fsp3) is 0.226. The first-order valence-corrected chi connectivity index (χ1v) is 13.7. The summed E-state index contributed by atoms with van der Waals surface area (Å²) in [5.41, 5.74) is 1.33. The number of hydrogen-bond donors (Lipinski definition) is 3. The molecule has 226 valence electrons. The molecule has 2 aliphatic rings. The first-order chi connectivity index (χ1) is 21.2. The van der Waals surface area contributed by atoms with Crippen LogP contribution in [0.5, 0.6) is 17.2 Å². The van der Waals surface area contributed by atoms with Gasteiger partial charge in [-0.1, -0.05) is 6.07 Å². The van der Waals surface area contributed by atoms with E-state index in [1.807, 2.05) is 6.92 Å². The highest BCUT2D eigenvalue weighted by molar-refractivity contribution is 6.26. The number of hydrogen-bond acceptors (Lipinski definition) is 10. The van der Waals surface area contributed by atoms with Crippen LogP contribution in [0.4, 0.5) is 17.2 Å². The van der Waals surface area contributed by atoms with Crippen molar-refractivity contribution in [3.63, 3.8) is 0 Å². The molecule has 3 N–H and O–H groups in total. The summed E-state index contributed by atoms with van der Waals surface area (Å²) in [7, 11) is 3.04. The minimum Gasteiger partial charge on any atom is -0.493 e. The Morgan fingerprint density at radius 1 is 1.07 bits per heavy atom. The van der Waals surface area contributed by atoms with Crippen LogP contribution in [0.25, 0.3) is 6.08 Å². The third kappa shape index (κ3) is 5.79. The second kappa shape index (κ2) is 12.7. The Hall–Kier alpha value is -5.72. The maximum atomic E-state index is 13.3. The molecule has 1 atom stereocenters. The fourth-order valence-corrected chi connectivity index (χ4v) is 5.02. The van der Waals surface area contributed by atoms with Crippen molar-refractivity contribution in [3.05, 3.63) is 71.4 Å². The minimum absolute atomic E-state index is 0.00305. The highest BCUT2D eigenvalue weighted by Crippen LogP contribution is 2.41. The second-order valence-electron chi connectivity index (χ2n) is 9.71. The summed E-state index contributed by atoms with van der Waals surface area (Å²) < 4.78 is 16.6. The van der Waals surface area contributed by atoms with Crippen molar-refractivity contribution in [2.24, 2.45) is 0 Å². The molecule has 5 amide bonds. The molecule has 1 unspecified atom stereocenters. The van der Waals surface area contributed by atoms with Crippen LogP contribution in [0.3, 0.4) is 0 Å². The number of pyridine rings is 1. The second-order valence-corrected chi connectivity index (χ2v) is 9.71. The maximum Gasteiger partial charge on any atom is 0.264 e. The number of nitrogens with zero attached hydrogens (tertiary/aromatic N) is 2. The molecule has 0 saturated carbocycles. The van der Waals surface area contributed by atoms with Gasteiger partial charge in [-0.05, 0) is 43.7 Å². The van der Waals surface area contributed by atoms with Gasteiger partial charge >= 0.3 is 0 Å². The smallest absolute Gasteiger partial charge is 0.264 e. The molecule has 5 rings (SSSR count). The number of aromatic nitrogens is 1. The Bertz CT molecular complexity index is 1700. The Morgan fingerprint density at radius 3 is 2.59 bits per heavy atom. The number of benzene rings is 2. The Labute approximate surface area is 252 Å². The lowest BCUT2D eigenvalue weighted by Gasteiger charge is -2.27. The molecule has 0 bridgehead atoms. The average molecular weight is 600 g/mol. The van der Waals surface area contributed by atoms with E-state index in [0.717, 1.165) is 4.90 Å². The van der Waals surface area contributed by atoms with Crippen LogP contribution < -0.4 is 30.2 Å². The molecule has 3 aromatic rings. The summed E-state index contributed by atoms with van der Waals surface area (Å²) in [5, 5.41) is 8.02. The van der Waals surface area contributed by atoms with Gasteiger partial charge in [0.1, 0.15) is 11.9 Å². The number of ether oxygens (including phenoxy) is 3. The summed E-state index contributed by atoms with van der Waals surface area (Å²) in [6.45, 7) is 2.26. The lowest BCUT2D eigenvalue weighted by Crippen LogP contribution is -2.54. The van der Waals surface area contributed by atoms with E-state index in [4.69, 9.17) is 14.2 Å². The number of carbonyl (C=O) groups is 5. The van der Waals surface area contributed by atoms with Crippen LogP contribution in [0, 0.1) is 0 Å². The zero-order valence-corrected chi connectivity index (χ0v) is 24.1. The van der Waals surface area contributed by atoms with E-state index < -0.39 is 35.6 Å². The number of anilines is 3. The van der Waals surface area contributed by atoms with Gasteiger partial charge in [0, 0.05) is 42.1 Å². The zero-order valence-electron chi connectivity index (χ0n) is 24.1. The van der Waals surface area contributed by atoms with Crippen molar-refractivity contribution in [1.29, 1.82) is 0 Å². The number of carbonyl (C=O) groups excluding carboxylic acids is 5. The van der Waals surface area contributed by atoms with E-state index in [2.05, 4.69) is 20.9 Å². The van der Waals surface area contributed by atoms with Gasteiger partial charge in [0.25, 0.3) is 11.8 Å². The van der Waals surface area contributed by atoms with E-state index >= 15 is 0 Å². The molecule has 1 fully saturated rings. The molecule has 2 aromatic carbocycles. The van der Waals surface area contributed by atoms with Crippen molar-refractivity contribution in [2.45, 2.75) is 25.8 Å². The predicted octanol–water partition coefficient (Wildman–Crippen LogP) is 3.29. The predicted molar refractivity (Wildman–Crippen MR) is 159 cm³/mol. The van der Waals surface area contributed by atoms with Crippen LogP contribution >= 0.6 is 0 Å². The number of methoxy groups -OCH3 is 2. The lowest BCUT2D eigenvalue weighted by atomic mass is 10.0. The van der Waals surface area contributed by atoms with Crippen molar-refractivity contribution in [3.8, 4) is 17.2 Å². The van der Waals surface area contributed by atoms with Crippen molar-refractivity contribution in [1.82, 2.24) is 15.2 Å². The third-order valence-electron chi connectivity index (χ3n) is 6.99. The summed E-state index contributed by atoms with van der Waals surface area (Å²) >= 11 is 0. The van der Waals surface area contributed by atoms with Crippen molar-refractivity contribution in [2.75, 3.05) is 31.5 Å². The van der Waals surface area contributed by atoms with Gasteiger partial charge in [-0.3, -0.25) is 34.2 Å². The van der Waals surface area contributed by atoms with Crippen LogP contribution in [0.15, 0.2) is 54.7 Å². The van der Waals surface area contributed by atoms with Gasteiger partial charge in [0.2, 0.25) is 23.5 Å². The standard InChI is InChI=1S/C31H29N5O8/c1-4-44-23-16-18(15-22(42-2)27(23)43-3)33-28-17(7-6-14-32-28)10-12-24(37)34-20-9-5-8-19-26(20)31(41)36(30(19)40)21-11-13-25(38)35-29(21)39/h5-10,12,14-16,21H,4,11,13H2,1-3H3,(H,32,33)(H,34,37)(H,35,38,39)/b12-10+. The first kappa shape index (κ1) is 29.8. The number of imide groups is 2. The van der Waals surface area contributed by atoms with Gasteiger partial charge in [-0.2, -0.15) is 0 Å². The molecule has 0 spiro atoms. The van der Waals surface area contributed by atoms with E-state index in [-0.39, 0.29) is 29.7 Å². The van der Waals surface area contributed by atoms with E-state index in [1.54, 1.807) is 36.5 Å². The lowest BCUT2D eigenvalue weighted by molar-refractivity contribution is -0.136. The van der Waals surface area contributed by atoms with Gasteiger partial charge < -0.3 is 24.8 Å². The normalized spacial score (nSPS) is 16.1. The number of rotatable bonds is 10. The molecule has 1 aromatic heterocycles. The molecule has 3 heterocycles.